The first-order valence-corrected chi connectivity index (χ1v) is 7.39. The van der Waals surface area contributed by atoms with Crippen molar-refractivity contribution in [1.82, 2.24) is 10.2 Å². The molecule has 1 saturated carbocycles. The van der Waals surface area contributed by atoms with Crippen LogP contribution in [-0.2, 0) is 4.79 Å². The lowest BCUT2D eigenvalue weighted by molar-refractivity contribution is -0.128. The topological polar surface area (TPSA) is 58.4 Å². The zero-order valence-electron chi connectivity index (χ0n) is 11.5. The van der Waals surface area contributed by atoms with E-state index in [2.05, 4.69) is 17.3 Å². The molecule has 0 spiro atoms. The summed E-state index contributed by atoms with van der Waals surface area (Å²) in [5.41, 5.74) is 5.80. The van der Waals surface area contributed by atoms with Gasteiger partial charge in [0, 0.05) is 18.5 Å². The molecule has 2 rings (SSSR count). The van der Waals surface area contributed by atoms with E-state index in [1.807, 2.05) is 0 Å². The van der Waals surface area contributed by atoms with Gasteiger partial charge >= 0.3 is 0 Å². The minimum Gasteiger partial charge on any atom is -0.352 e. The molecule has 0 aromatic rings. The average molecular weight is 253 g/mol. The highest BCUT2D eigenvalue weighted by Gasteiger charge is 2.31. The number of carbonyl (C=O) groups excluding carboxylic acids is 1. The number of piperidine rings is 1. The number of hydrogen-bond acceptors (Lipinski definition) is 3. The van der Waals surface area contributed by atoms with Gasteiger partial charge in [-0.25, -0.2) is 0 Å². The molecule has 1 amide bonds. The highest BCUT2D eigenvalue weighted by molar-refractivity contribution is 5.79. The summed E-state index contributed by atoms with van der Waals surface area (Å²) in [5, 5.41) is 3.25. The number of likely N-dealkylation sites (tertiary alicyclic amines) is 1. The number of hydrogen-bond donors (Lipinski definition) is 2. The maximum atomic E-state index is 12.4. The van der Waals surface area contributed by atoms with Gasteiger partial charge in [-0.1, -0.05) is 12.8 Å². The summed E-state index contributed by atoms with van der Waals surface area (Å²) in [6, 6.07) is 0.344. The SMILES string of the molecule is CN1CCCC(NC(=O)C2CCCCC2CN)C1. The monoisotopic (exact) mass is 253 g/mol. The number of nitrogens with zero attached hydrogens (tertiary/aromatic N) is 1. The van der Waals surface area contributed by atoms with Crippen LogP contribution >= 0.6 is 0 Å². The van der Waals surface area contributed by atoms with Crippen LogP contribution in [0.15, 0.2) is 0 Å². The van der Waals surface area contributed by atoms with Crippen LogP contribution in [0.3, 0.4) is 0 Å². The Labute approximate surface area is 110 Å². The Morgan fingerprint density at radius 2 is 2.06 bits per heavy atom. The van der Waals surface area contributed by atoms with Crippen LogP contribution < -0.4 is 11.1 Å². The standard InChI is InChI=1S/C14H27N3O/c1-17-8-4-6-12(10-17)16-14(18)13-7-3-2-5-11(13)9-15/h11-13H,2-10,15H2,1H3,(H,16,18). The minimum absolute atomic E-state index is 0.163. The maximum Gasteiger partial charge on any atom is 0.223 e. The van der Waals surface area contributed by atoms with Crippen LogP contribution in [0.2, 0.25) is 0 Å². The highest BCUT2D eigenvalue weighted by atomic mass is 16.2. The van der Waals surface area contributed by atoms with E-state index in [1.165, 1.54) is 19.3 Å². The molecule has 18 heavy (non-hydrogen) atoms. The molecule has 2 aliphatic rings. The van der Waals surface area contributed by atoms with Gasteiger partial charge < -0.3 is 16.0 Å². The van der Waals surface area contributed by atoms with E-state index in [9.17, 15) is 4.79 Å². The first-order chi connectivity index (χ1) is 8.70. The first kappa shape index (κ1) is 13.8. The Bertz CT molecular complexity index is 282. The van der Waals surface area contributed by atoms with Gasteiger partial charge in [0.25, 0.3) is 0 Å². The molecule has 4 nitrogen and oxygen atoms in total. The third-order valence-electron chi connectivity index (χ3n) is 4.52. The van der Waals surface area contributed by atoms with Gasteiger partial charge in [0.2, 0.25) is 5.91 Å². The quantitative estimate of drug-likeness (QED) is 0.788. The number of nitrogens with one attached hydrogen (secondary N) is 1. The molecule has 1 aliphatic carbocycles. The molecule has 0 aromatic carbocycles. The average Bonchev–Trinajstić information content (AvgIpc) is 2.38. The van der Waals surface area contributed by atoms with Crippen LogP contribution in [0.4, 0.5) is 0 Å². The third-order valence-corrected chi connectivity index (χ3v) is 4.52. The lowest BCUT2D eigenvalue weighted by atomic mass is 9.78. The number of rotatable bonds is 3. The van der Waals surface area contributed by atoms with Crippen LogP contribution in [0, 0.1) is 11.8 Å². The van der Waals surface area contributed by atoms with Gasteiger partial charge in [0.1, 0.15) is 0 Å². The summed E-state index contributed by atoms with van der Waals surface area (Å²) in [5.74, 6) is 0.821. The van der Waals surface area contributed by atoms with Crippen LogP contribution in [0.1, 0.15) is 38.5 Å². The Kier molecular flexibility index (Phi) is 5.01. The Morgan fingerprint density at radius 3 is 2.78 bits per heavy atom. The zero-order valence-corrected chi connectivity index (χ0v) is 11.5. The van der Waals surface area contributed by atoms with E-state index in [0.29, 0.717) is 18.5 Å². The summed E-state index contributed by atoms with van der Waals surface area (Å²) in [6.07, 6.45) is 6.87. The number of likely N-dealkylation sites (N-methyl/N-ethyl adjacent to an activating group) is 1. The summed E-state index contributed by atoms with van der Waals surface area (Å²) < 4.78 is 0. The van der Waals surface area contributed by atoms with Gasteiger partial charge in [0.15, 0.2) is 0 Å². The molecule has 0 aromatic heterocycles. The van der Waals surface area contributed by atoms with E-state index >= 15 is 0 Å². The first-order valence-electron chi connectivity index (χ1n) is 7.39. The molecular formula is C14H27N3O. The fourth-order valence-corrected chi connectivity index (χ4v) is 3.43. The van der Waals surface area contributed by atoms with Crippen molar-refractivity contribution in [3.8, 4) is 0 Å². The summed E-state index contributed by atoms with van der Waals surface area (Å²) in [4.78, 5) is 14.7. The molecule has 3 N–H and O–H groups in total. The van der Waals surface area contributed by atoms with Crippen LogP contribution in [0.5, 0.6) is 0 Å². The summed E-state index contributed by atoms with van der Waals surface area (Å²) in [6.45, 7) is 2.80. The predicted octanol–water partition coefficient (Wildman–Crippen LogP) is 0.962. The Hall–Kier alpha value is -0.610. The summed E-state index contributed by atoms with van der Waals surface area (Å²) >= 11 is 0. The number of carbonyl (C=O) groups is 1. The van der Waals surface area contributed by atoms with Crippen LogP contribution in [0.25, 0.3) is 0 Å². The van der Waals surface area contributed by atoms with Gasteiger partial charge in [-0.15, -0.1) is 0 Å². The lowest BCUT2D eigenvalue weighted by Crippen LogP contribution is -2.49. The maximum absolute atomic E-state index is 12.4. The smallest absolute Gasteiger partial charge is 0.223 e. The van der Waals surface area contributed by atoms with Gasteiger partial charge in [-0.3, -0.25) is 4.79 Å². The molecule has 1 heterocycles. The van der Waals surface area contributed by atoms with Crippen molar-refractivity contribution in [3.63, 3.8) is 0 Å². The second kappa shape index (κ2) is 6.53. The normalized spacial score (nSPS) is 34.2. The summed E-state index contributed by atoms with van der Waals surface area (Å²) in [7, 11) is 2.13. The van der Waals surface area contributed by atoms with Gasteiger partial charge in [-0.05, 0) is 51.7 Å². The van der Waals surface area contributed by atoms with Gasteiger partial charge in [-0.2, -0.15) is 0 Å². The van der Waals surface area contributed by atoms with E-state index in [-0.39, 0.29) is 11.8 Å². The largest absolute Gasteiger partial charge is 0.352 e. The molecular weight excluding hydrogens is 226 g/mol. The molecule has 2 fully saturated rings. The molecule has 1 saturated heterocycles. The molecule has 3 unspecified atom stereocenters. The van der Waals surface area contributed by atoms with E-state index in [1.54, 1.807) is 0 Å². The molecule has 0 radical (unpaired) electrons. The van der Waals surface area contributed by atoms with E-state index in [0.717, 1.165) is 32.4 Å². The predicted molar refractivity (Wildman–Crippen MR) is 73.2 cm³/mol. The molecule has 4 heteroatoms. The van der Waals surface area contributed by atoms with Crippen molar-refractivity contribution in [2.24, 2.45) is 17.6 Å². The number of amides is 1. The van der Waals surface area contributed by atoms with Crippen molar-refractivity contribution in [2.75, 3.05) is 26.7 Å². The van der Waals surface area contributed by atoms with Crippen molar-refractivity contribution in [3.05, 3.63) is 0 Å². The van der Waals surface area contributed by atoms with Crippen LogP contribution in [-0.4, -0.2) is 43.5 Å². The molecule has 104 valence electrons. The second-order valence-electron chi connectivity index (χ2n) is 6.00. The zero-order chi connectivity index (χ0) is 13.0. The molecule has 0 bridgehead atoms. The Balaban J connectivity index is 1.85. The van der Waals surface area contributed by atoms with Gasteiger partial charge in [0.05, 0.1) is 0 Å². The van der Waals surface area contributed by atoms with E-state index in [4.69, 9.17) is 5.73 Å². The second-order valence-corrected chi connectivity index (χ2v) is 6.00. The van der Waals surface area contributed by atoms with E-state index < -0.39 is 0 Å². The molecule has 3 atom stereocenters. The number of nitrogens with two attached hydrogens (primary N) is 1. The fourth-order valence-electron chi connectivity index (χ4n) is 3.43. The Morgan fingerprint density at radius 1 is 1.28 bits per heavy atom. The lowest BCUT2D eigenvalue weighted by Gasteiger charge is -2.34. The molecule has 1 aliphatic heterocycles. The third kappa shape index (κ3) is 3.45. The minimum atomic E-state index is 0.163. The van der Waals surface area contributed by atoms with Crippen molar-refractivity contribution in [2.45, 2.75) is 44.6 Å². The van der Waals surface area contributed by atoms with Crippen molar-refractivity contribution < 1.29 is 4.79 Å². The highest BCUT2D eigenvalue weighted by Crippen LogP contribution is 2.29. The van der Waals surface area contributed by atoms with Crippen molar-refractivity contribution in [1.29, 1.82) is 0 Å². The fraction of sp³-hybridized carbons (Fsp3) is 0.929. The van der Waals surface area contributed by atoms with Crippen molar-refractivity contribution >= 4 is 5.91 Å².